The lowest BCUT2D eigenvalue weighted by Gasteiger charge is -2.27. The van der Waals surface area contributed by atoms with E-state index in [4.69, 9.17) is 4.74 Å². The summed E-state index contributed by atoms with van der Waals surface area (Å²) in [4.78, 5) is 21.5. The van der Waals surface area contributed by atoms with E-state index < -0.39 is 23.5 Å². The Balaban J connectivity index is 1.51. The number of alkyl halides is 3. The molecule has 1 amide bonds. The van der Waals surface area contributed by atoms with Crippen LogP contribution in [0.3, 0.4) is 0 Å². The van der Waals surface area contributed by atoms with Gasteiger partial charge in [0.05, 0.1) is 25.8 Å². The number of allylic oxidation sites excluding steroid dienone is 3. The average molecular weight is 428 g/mol. The number of amides is 1. The normalized spacial score (nSPS) is 17.5. The second kappa shape index (κ2) is 9.65. The number of anilines is 2. The molecule has 1 aliphatic heterocycles. The van der Waals surface area contributed by atoms with Gasteiger partial charge in [0.2, 0.25) is 11.9 Å². The minimum atomic E-state index is -4.41. The first-order chi connectivity index (χ1) is 14.3. The van der Waals surface area contributed by atoms with Gasteiger partial charge in [-0.3, -0.25) is 4.79 Å². The quantitative estimate of drug-likeness (QED) is 0.411. The Bertz CT molecular complexity index is 863. The van der Waals surface area contributed by atoms with E-state index in [9.17, 15) is 22.4 Å². The van der Waals surface area contributed by atoms with Crippen LogP contribution < -0.4 is 15.6 Å². The van der Waals surface area contributed by atoms with Crippen molar-refractivity contribution in [2.75, 3.05) is 36.6 Å². The Morgan fingerprint density at radius 3 is 2.83 bits per heavy atom. The third kappa shape index (κ3) is 5.99. The van der Waals surface area contributed by atoms with Crippen LogP contribution in [-0.2, 0) is 9.53 Å². The molecule has 1 aromatic heterocycles. The van der Waals surface area contributed by atoms with Gasteiger partial charge >= 0.3 is 6.18 Å². The molecule has 3 rings (SSSR count). The third-order valence-electron chi connectivity index (χ3n) is 4.32. The number of hydrogen-bond donors (Lipinski definition) is 2. The Morgan fingerprint density at radius 1 is 1.33 bits per heavy atom. The van der Waals surface area contributed by atoms with E-state index in [1.54, 1.807) is 4.90 Å². The van der Waals surface area contributed by atoms with Gasteiger partial charge in [-0.05, 0) is 18.9 Å². The molecule has 0 radical (unpaired) electrons. The number of hydrogen-bond acceptors (Lipinski definition) is 7. The summed E-state index contributed by atoms with van der Waals surface area (Å²) in [6.45, 7) is 1.93. The van der Waals surface area contributed by atoms with Crippen molar-refractivity contribution in [2.24, 2.45) is 5.10 Å². The summed E-state index contributed by atoms with van der Waals surface area (Å²) in [5.74, 6) is -0.930. The van der Waals surface area contributed by atoms with Crippen molar-refractivity contribution >= 4 is 23.9 Å². The highest BCUT2D eigenvalue weighted by Gasteiger charge is 2.34. The fourth-order valence-corrected chi connectivity index (χ4v) is 2.87. The van der Waals surface area contributed by atoms with Crippen molar-refractivity contribution in [2.45, 2.75) is 25.4 Å². The molecular weight excluding hydrogens is 408 g/mol. The molecule has 162 valence electrons. The molecule has 0 bridgehead atoms. The lowest BCUT2D eigenvalue weighted by Crippen LogP contribution is -2.37. The molecule has 0 spiro atoms. The van der Waals surface area contributed by atoms with Gasteiger partial charge in [-0.15, -0.1) is 0 Å². The largest absolute Gasteiger partial charge is 0.412 e. The van der Waals surface area contributed by atoms with Crippen LogP contribution in [0.4, 0.5) is 29.3 Å². The van der Waals surface area contributed by atoms with Crippen molar-refractivity contribution in [1.29, 1.82) is 0 Å². The summed E-state index contributed by atoms with van der Waals surface area (Å²) in [6, 6.07) is 0. The van der Waals surface area contributed by atoms with Gasteiger partial charge in [0, 0.05) is 30.6 Å². The minimum absolute atomic E-state index is 0.0438. The number of nitrogens with one attached hydrogen (secondary N) is 2. The molecule has 2 N–H and O–H groups in total. The highest BCUT2D eigenvalue weighted by molar-refractivity contribution is 5.91. The predicted octanol–water partition coefficient (Wildman–Crippen LogP) is 2.52. The molecule has 0 unspecified atom stereocenters. The molecule has 0 atom stereocenters. The van der Waals surface area contributed by atoms with Crippen LogP contribution in [0.25, 0.3) is 0 Å². The van der Waals surface area contributed by atoms with Crippen molar-refractivity contribution in [3.8, 4) is 0 Å². The van der Waals surface area contributed by atoms with Gasteiger partial charge in [-0.2, -0.15) is 23.3 Å². The van der Waals surface area contributed by atoms with Crippen LogP contribution in [-0.4, -0.2) is 54.6 Å². The molecule has 1 saturated heterocycles. The second-order valence-electron chi connectivity index (χ2n) is 6.51. The number of carbonyl (C=O) groups excluding carboxylic acids is 1. The number of nitrogens with zero attached hydrogens (tertiary/aromatic N) is 4. The molecule has 30 heavy (non-hydrogen) atoms. The van der Waals surface area contributed by atoms with Gasteiger partial charge < -0.3 is 15.0 Å². The number of halogens is 4. The molecule has 1 fully saturated rings. The van der Waals surface area contributed by atoms with E-state index in [1.807, 2.05) is 0 Å². The van der Waals surface area contributed by atoms with Crippen LogP contribution in [0.1, 0.15) is 19.3 Å². The summed E-state index contributed by atoms with van der Waals surface area (Å²) in [5.41, 5.74) is 1.93. The predicted molar refractivity (Wildman–Crippen MR) is 101 cm³/mol. The van der Waals surface area contributed by atoms with Crippen molar-refractivity contribution in [3.05, 3.63) is 35.4 Å². The maximum Gasteiger partial charge on any atom is 0.412 e. The van der Waals surface area contributed by atoms with Gasteiger partial charge in [-0.25, -0.2) is 14.8 Å². The molecule has 1 aromatic rings. The Kier molecular flexibility index (Phi) is 6.98. The molecule has 1 aliphatic carbocycles. The molecule has 8 nitrogen and oxygen atoms in total. The van der Waals surface area contributed by atoms with Gasteiger partial charge in [0.15, 0.2) is 11.6 Å². The zero-order chi connectivity index (χ0) is 21.6. The Labute approximate surface area is 169 Å². The van der Waals surface area contributed by atoms with E-state index in [-0.39, 0.29) is 36.7 Å². The first kappa shape index (κ1) is 21.7. The number of rotatable bonds is 6. The van der Waals surface area contributed by atoms with Crippen LogP contribution in [0.15, 0.2) is 34.7 Å². The van der Waals surface area contributed by atoms with E-state index in [0.717, 1.165) is 12.3 Å². The fourth-order valence-electron chi connectivity index (χ4n) is 2.87. The third-order valence-corrected chi connectivity index (χ3v) is 4.32. The first-order valence-corrected chi connectivity index (χ1v) is 9.23. The molecule has 0 aromatic carbocycles. The zero-order valence-corrected chi connectivity index (χ0v) is 15.9. The smallest absolute Gasteiger partial charge is 0.378 e. The molecular formula is C18H20F4N6O2. The van der Waals surface area contributed by atoms with Crippen LogP contribution in [0.2, 0.25) is 0 Å². The van der Waals surface area contributed by atoms with E-state index >= 15 is 0 Å². The number of aromatic nitrogens is 2. The number of carbonyl (C=O) groups is 1. The van der Waals surface area contributed by atoms with Crippen molar-refractivity contribution in [1.82, 2.24) is 15.3 Å². The van der Waals surface area contributed by atoms with Crippen molar-refractivity contribution in [3.63, 3.8) is 0 Å². The van der Waals surface area contributed by atoms with Gasteiger partial charge in [0.25, 0.3) is 0 Å². The maximum atomic E-state index is 14.0. The Hall–Kier alpha value is -3.02. The van der Waals surface area contributed by atoms with E-state index in [2.05, 4.69) is 25.8 Å². The monoisotopic (exact) mass is 428 g/mol. The van der Waals surface area contributed by atoms with Crippen LogP contribution >= 0.6 is 0 Å². The summed E-state index contributed by atoms with van der Waals surface area (Å²) in [5, 5.41) is 6.21. The number of morpholine rings is 1. The lowest BCUT2D eigenvalue weighted by atomic mass is 10.0. The molecule has 2 heterocycles. The first-order valence-electron chi connectivity index (χ1n) is 9.23. The molecule has 2 aliphatic rings. The fraction of sp³-hybridized carbons (Fsp3) is 0.444. The lowest BCUT2D eigenvalue weighted by molar-refractivity contribution is -0.119. The van der Waals surface area contributed by atoms with Crippen LogP contribution in [0.5, 0.6) is 0 Å². The van der Waals surface area contributed by atoms with E-state index in [0.29, 0.717) is 26.3 Å². The summed E-state index contributed by atoms with van der Waals surface area (Å²) < 4.78 is 57.4. The summed E-state index contributed by atoms with van der Waals surface area (Å²) >= 11 is 0. The standard InChI is InChI=1S/C18H20F4N6O2/c19-14-11-23-17(26-16(14)28-6-8-30-9-7-28)27-24-5-4-15(29)25-13-3-1-2-12(10-13)18(20,21)22/h3,5,10-11H,1-2,4,6-9H2,(H,25,29)(H,23,26,27)/b24-5+. The second-order valence-corrected chi connectivity index (χ2v) is 6.51. The van der Waals surface area contributed by atoms with E-state index in [1.165, 1.54) is 12.3 Å². The van der Waals surface area contributed by atoms with Gasteiger partial charge in [0.1, 0.15) is 0 Å². The van der Waals surface area contributed by atoms with Gasteiger partial charge in [-0.1, -0.05) is 6.08 Å². The SMILES string of the molecule is O=C(C/C=N/Nc1ncc(F)c(N2CCOCC2)n1)NC1=CCCC(C(F)(F)F)=C1. The number of ether oxygens (including phenoxy) is 1. The highest BCUT2D eigenvalue weighted by Crippen LogP contribution is 2.32. The minimum Gasteiger partial charge on any atom is -0.378 e. The average Bonchev–Trinajstić information content (AvgIpc) is 2.72. The highest BCUT2D eigenvalue weighted by atomic mass is 19.4. The summed E-state index contributed by atoms with van der Waals surface area (Å²) in [6.07, 6.45) is 0.180. The zero-order valence-electron chi connectivity index (χ0n) is 15.9. The molecule has 12 heteroatoms. The molecule has 0 saturated carbocycles. The Morgan fingerprint density at radius 2 is 2.10 bits per heavy atom. The summed E-state index contributed by atoms with van der Waals surface area (Å²) in [7, 11) is 0. The van der Waals surface area contributed by atoms with Crippen molar-refractivity contribution < 1.29 is 27.1 Å². The topological polar surface area (TPSA) is 91.7 Å². The van der Waals surface area contributed by atoms with Crippen LogP contribution in [0, 0.1) is 5.82 Å². The maximum absolute atomic E-state index is 14.0. The number of hydrazone groups is 1.